The molecule has 3 heterocycles. The van der Waals surface area contributed by atoms with Gasteiger partial charge in [0.15, 0.2) is 30.6 Å². The fourth-order valence-corrected chi connectivity index (χ4v) is 14.1. The first-order valence-electron chi connectivity index (χ1n) is 25.1. The maximum Gasteiger partial charge on any atom is 0.303 e. The van der Waals surface area contributed by atoms with E-state index < -0.39 is 149 Å². The van der Waals surface area contributed by atoms with Crippen molar-refractivity contribution in [2.24, 2.45) is 22.7 Å². The van der Waals surface area contributed by atoms with Crippen LogP contribution in [-0.2, 0) is 85.6 Å². The summed E-state index contributed by atoms with van der Waals surface area (Å²) in [5, 5.41) is 26.0. The van der Waals surface area contributed by atoms with Crippen LogP contribution in [0.25, 0.3) is 0 Å². The van der Waals surface area contributed by atoms with Crippen molar-refractivity contribution < 1.29 is 95.8 Å². The van der Waals surface area contributed by atoms with Gasteiger partial charge < -0.3 is 71.8 Å². The molecule has 402 valence electrons. The fourth-order valence-electron chi connectivity index (χ4n) is 14.1. The third-order valence-corrected chi connectivity index (χ3v) is 17.1. The third-order valence-electron chi connectivity index (χ3n) is 17.1. The summed E-state index contributed by atoms with van der Waals surface area (Å²) in [5.41, 5.74) is -5.07. The average molecular weight is 1010 g/mol. The molecule has 4 aliphatic carbocycles. The molecule has 71 heavy (non-hydrogen) atoms. The first-order chi connectivity index (χ1) is 33.2. The number of aliphatic hydroxyl groups is 2. The zero-order valence-corrected chi connectivity index (χ0v) is 43.8. The molecule has 0 amide bonds. The number of carbonyl (C=O) groups excluding carboxylic acids is 5. The third kappa shape index (κ3) is 9.98. The van der Waals surface area contributed by atoms with Crippen molar-refractivity contribution in [3.05, 3.63) is 11.6 Å². The monoisotopic (exact) mass is 1010 g/mol. The second kappa shape index (κ2) is 20.9. The minimum atomic E-state index is -1.87. The van der Waals surface area contributed by atoms with Crippen molar-refractivity contribution in [3.63, 3.8) is 0 Å². The molecule has 3 saturated carbocycles. The van der Waals surface area contributed by atoms with E-state index in [2.05, 4.69) is 0 Å². The number of hydrogen-bond donors (Lipinski definition) is 2. The lowest BCUT2D eigenvalue weighted by molar-refractivity contribution is -0.364. The minimum Gasteiger partial charge on any atom is -0.458 e. The number of ketones is 1. The standard InChI is InChI=1S/C51H78O20/c1-24(52)34-17-20-51(58)49(34,11)45(67-31(8)56)43(66-30(7)55)44-47(9)18-16-33(21-32(47)15-19-50(44,51)57)71-48(10)23-36(60-13)39(27(4)70-48)68-37-22-35(59-12)38(25(2)62-37)69-46-42(65-29(6)54)41(61-14)40(26(3)63-46)64-28(5)53/h15,25-27,33-46,57-58H,16-23H2,1-14H3. The smallest absolute Gasteiger partial charge is 0.303 e. The molecular weight excluding hydrogens is 933 g/mol. The molecule has 0 spiro atoms. The van der Waals surface area contributed by atoms with Gasteiger partial charge >= 0.3 is 23.9 Å². The lowest BCUT2D eigenvalue weighted by Crippen LogP contribution is -2.80. The normalized spacial score (nSPS) is 47.4. The van der Waals surface area contributed by atoms with Gasteiger partial charge in [0.25, 0.3) is 0 Å². The van der Waals surface area contributed by atoms with E-state index in [1.165, 1.54) is 41.7 Å². The predicted octanol–water partition coefficient (Wildman–Crippen LogP) is 3.94. The molecule has 3 saturated heterocycles. The largest absolute Gasteiger partial charge is 0.458 e. The van der Waals surface area contributed by atoms with E-state index in [0.717, 1.165) is 5.57 Å². The number of esters is 4. The first-order valence-corrected chi connectivity index (χ1v) is 25.1. The van der Waals surface area contributed by atoms with Crippen LogP contribution in [0.5, 0.6) is 0 Å². The van der Waals surface area contributed by atoms with Crippen molar-refractivity contribution in [1.82, 2.24) is 0 Å². The van der Waals surface area contributed by atoms with Crippen molar-refractivity contribution in [1.29, 1.82) is 0 Å². The quantitative estimate of drug-likeness (QED) is 0.142. The van der Waals surface area contributed by atoms with Gasteiger partial charge in [-0.25, -0.2) is 0 Å². The molecule has 0 bridgehead atoms. The van der Waals surface area contributed by atoms with E-state index in [-0.39, 0.29) is 37.6 Å². The van der Waals surface area contributed by atoms with E-state index in [0.29, 0.717) is 25.7 Å². The Morgan fingerprint density at radius 2 is 1.25 bits per heavy atom. The van der Waals surface area contributed by atoms with Gasteiger partial charge in [-0.05, 0) is 78.6 Å². The zero-order chi connectivity index (χ0) is 52.3. The summed E-state index contributed by atoms with van der Waals surface area (Å²) in [5.74, 6) is -5.45. The van der Waals surface area contributed by atoms with Gasteiger partial charge in [-0.2, -0.15) is 0 Å². The van der Waals surface area contributed by atoms with Gasteiger partial charge in [-0.3, -0.25) is 24.0 Å². The maximum absolute atomic E-state index is 13.2. The molecular formula is C51H78O20. The number of ether oxygens (including phenoxy) is 13. The molecule has 20 nitrogen and oxygen atoms in total. The summed E-state index contributed by atoms with van der Waals surface area (Å²) < 4.78 is 80.3. The van der Waals surface area contributed by atoms with Crippen LogP contribution in [0.2, 0.25) is 0 Å². The van der Waals surface area contributed by atoms with E-state index in [1.54, 1.807) is 28.1 Å². The number of carbonyl (C=O) groups is 5. The van der Waals surface area contributed by atoms with Crippen LogP contribution >= 0.6 is 0 Å². The first kappa shape index (κ1) is 55.6. The summed E-state index contributed by atoms with van der Waals surface area (Å²) in [6.45, 7) is 17.4. The number of fused-ring (bicyclic) bond motifs is 5. The van der Waals surface area contributed by atoms with Crippen molar-refractivity contribution in [2.75, 3.05) is 21.3 Å². The highest BCUT2D eigenvalue weighted by Crippen LogP contribution is 2.70. The Hall–Kier alpha value is -3.15. The topological polar surface area (TPSA) is 246 Å². The van der Waals surface area contributed by atoms with E-state index in [1.807, 2.05) is 33.8 Å². The van der Waals surface area contributed by atoms with Crippen molar-refractivity contribution >= 4 is 29.7 Å². The molecule has 7 aliphatic rings. The Kier molecular flexibility index (Phi) is 16.3. The second-order valence-corrected chi connectivity index (χ2v) is 21.7. The molecule has 6 fully saturated rings. The highest BCUT2D eigenvalue weighted by Gasteiger charge is 2.80. The van der Waals surface area contributed by atoms with Crippen LogP contribution < -0.4 is 0 Å². The Bertz CT molecular complexity index is 2030. The number of methoxy groups -OCH3 is 3. The van der Waals surface area contributed by atoms with Crippen LogP contribution in [0.15, 0.2) is 11.6 Å². The van der Waals surface area contributed by atoms with Crippen LogP contribution in [0.4, 0.5) is 0 Å². The zero-order valence-electron chi connectivity index (χ0n) is 43.8. The lowest BCUT2D eigenvalue weighted by Gasteiger charge is -2.68. The second-order valence-electron chi connectivity index (χ2n) is 21.7. The van der Waals surface area contributed by atoms with E-state index in [9.17, 15) is 34.2 Å². The molecule has 0 aromatic carbocycles. The van der Waals surface area contributed by atoms with Crippen molar-refractivity contribution in [3.8, 4) is 0 Å². The van der Waals surface area contributed by atoms with Crippen LogP contribution in [-0.4, -0.2) is 170 Å². The van der Waals surface area contributed by atoms with E-state index >= 15 is 0 Å². The molecule has 0 aromatic heterocycles. The highest BCUT2D eigenvalue weighted by atomic mass is 16.8. The van der Waals surface area contributed by atoms with Crippen LogP contribution in [0.3, 0.4) is 0 Å². The SMILES string of the molecule is COC1CC(C)(OC2CCC3(C)C(=CCC4(O)C3C(OC(C)=O)C(OC(C)=O)C3(C)C(C(C)=O)CCC43O)C2)OC(C)C1OC1CC(OC)C(OC2OC(C)C(OC(C)=O)C(OC)C2OC(C)=O)C(C)O1. The Morgan fingerprint density at radius 1 is 0.662 bits per heavy atom. The van der Waals surface area contributed by atoms with Crippen LogP contribution in [0, 0.1) is 22.7 Å². The summed E-state index contributed by atoms with van der Waals surface area (Å²) in [6.07, 6.45) is -7.48. The van der Waals surface area contributed by atoms with Gasteiger partial charge in [0.05, 0.1) is 36.6 Å². The van der Waals surface area contributed by atoms with Gasteiger partial charge in [0.2, 0.25) is 0 Å². The number of Topliss-reactive ketones (excluding diaryl/α,β-unsaturated/α-hetero) is 1. The molecule has 22 unspecified atom stereocenters. The maximum atomic E-state index is 13.2. The minimum absolute atomic E-state index is 0.0134. The summed E-state index contributed by atoms with van der Waals surface area (Å²) in [7, 11) is 4.58. The van der Waals surface area contributed by atoms with Gasteiger partial charge in [-0.15, -0.1) is 0 Å². The molecule has 7 rings (SSSR count). The number of rotatable bonds is 14. The summed E-state index contributed by atoms with van der Waals surface area (Å²) in [6, 6.07) is 0. The van der Waals surface area contributed by atoms with Crippen molar-refractivity contribution in [2.45, 2.75) is 236 Å². The lowest BCUT2D eigenvalue weighted by atomic mass is 9.42. The average Bonchev–Trinajstić information content (AvgIpc) is 3.57. The molecule has 2 N–H and O–H groups in total. The molecule has 0 radical (unpaired) electrons. The summed E-state index contributed by atoms with van der Waals surface area (Å²) >= 11 is 0. The Labute approximate surface area is 416 Å². The Morgan fingerprint density at radius 3 is 1.85 bits per heavy atom. The van der Waals surface area contributed by atoms with E-state index in [4.69, 9.17) is 61.6 Å². The molecule has 20 heteroatoms. The summed E-state index contributed by atoms with van der Waals surface area (Å²) in [4.78, 5) is 63.2. The molecule has 0 aromatic rings. The molecule has 3 aliphatic heterocycles. The highest BCUT2D eigenvalue weighted by molar-refractivity contribution is 5.80. The number of hydrogen-bond acceptors (Lipinski definition) is 20. The van der Waals surface area contributed by atoms with Gasteiger partial charge in [0, 0.05) is 79.1 Å². The Balaban J connectivity index is 1.04. The predicted molar refractivity (Wildman–Crippen MR) is 246 cm³/mol. The fraction of sp³-hybridized carbons (Fsp3) is 0.863. The van der Waals surface area contributed by atoms with Gasteiger partial charge in [-0.1, -0.05) is 25.5 Å². The van der Waals surface area contributed by atoms with Gasteiger partial charge in [0.1, 0.15) is 47.5 Å². The van der Waals surface area contributed by atoms with Crippen LogP contribution in [0.1, 0.15) is 128 Å². The molecule has 22 atom stereocenters.